The van der Waals surface area contributed by atoms with Crippen molar-refractivity contribution in [2.24, 2.45) is 29.6 Å². The molecule has 1 aromatic rings. The van der Waals surface area contributed by atoms with Gasteiger partial charge in [-0.2, -0.15) is 0 Å². The van der Waals surface area contributed by atoms with Gasteiger partial charge in [0.05, 0.1) is 5.92 Å². The van der Waals surface area contributed by atoms with Crippen molar-refractivity contribution in [3.63, 3.8) is 0 Å². The van der Waals surface area contributed by atoms with Gasteiger partial charge < -0.3 is 9.64 Å². The summed E-state index contributed by atoms with van der Waals surface area (Å²) in [7, 11) is 1.77. The minimum atomic E-state index is -0.135. The van der Waals surface area contributed by atoms with E-state index in [2.05, 4.69) is 0 Å². The number of carbonyl (C=O) groups is 2. The van der Waals surface area contributed by atoms with Gasteiger partial charge in [-0.1, -0.05) is 24.3 Å². The summed E-state index contributed by atoms with van der Waals surface area (Å²) < 4.78 is 5.49. The molecule has 4 aliphatic rings. The average molecular weight is 355 g/mol. The number of hydrogen-bond acceptors (Lipinski definition) is 3. The number of esters is 1. The molecule has 1 amide bonds. The van der Waals surface area contributed by atoms with E-state index in [9.17, 15) is 9.59 Å². The van der Waals surface area contributed by atoms with Crippen LogP contribution in [0, 0.1) is 36.5 Å². The maximum Gasteiger partial charge on any atom is 0.310 e. The summed E-state index contributed by atoms with van der Waals surface area (Å²) in [6.45, 7) is 2.45. The Morgan fingerprint density at radius 2 is 1.65 bits per heavy atom. The quantitative estimate of drug-likeness (QED) is 0.759. The number of aryl methyl sites for hydroxylation is 1. The van der Waals surface area contributed by atoms with Crippen LogP contribution in [0.15, 0.2) is 24.3 Å². The molecule has 4 bridgehead atoms. The van der Waals surface area contributed by atoms with Crippen molar-refractivity contribution in [3.05, 3.63) is 35.4 Å². The second-order valence-electron chi connectivity index (χ2n) is 8.74. The highest BCUT2D eigenvalue weighted by atomic mass is 16.5. The summed E-state index contributed by atoms with van der Waals surface area (Å²) in [6.07, 6.45) is 6.13. The molecule has 4 nitrogen and oxygen atoms in total. The summed E-state index contributed by atoms with van der Waals surface area (Å²) in [5, 5.41) is 0. The smallest absolute Gasteiger partial charge is 0.310 e. The lowest BCUT2D eigenvalue weighted by Gasteiger charge is -2.53. The fourth-order valence-electron chi connectivity index (χ4n) is 5.78. The van der Waals surface area contributed by atoms with Gasteiger partial charge >= 0.3 is 5.97 Å². The van der Waals surface area contributed by atoms with Crippen molar-refractivity contribution < 1.29 is 14.3 Å². The first-order valence-corrected chi connectivity index (χ1v) is 9.96. The Morgan fingerprint density at radius 1 is 1.04 bits per heavy atom. The number of ether oxygens (including phenoxy) is 1. The summed E-state index contributed by atoms with van der Waals surface area (Å²) in [6, 6.07) is 8.04. The average Bonchev–Trinajstić information content (AvgIpc) is 2.60. The topological polar surface area (TPSA) is 46.6 Å². The van der Waals surface area contributed by atoms with Gasteiger partial charge in [-0.05, 0) is 73.8 Å². The van der Waals surface area contributed by atoms with E-state index in [1.54, 1.807) is 11.9 Å². The predicted molar refractivity (Wildman–Crippen MR) is 99.1 cm³/mol. The lowest BCUT2D eigenvalue weighted by molar-refractivity contribution is -0.166. The van der Waals surface area contributed by atoms with E-state index in [-0.39, 0.29) is 24.4 Å². The summed E-state index contributed by atoms with van der Waals surface area (Å²) in [5.74, 6) is 2.45. The summed E-state index contributed by atoms with van der Waals surface area (Å²) in [4.78, 5) is 26.7. The molecule has 0 unspecified atom stereocenters. The number of amides is 1. The van der Waals surface area contributed by atoms with E-state index in [4.69, 9.17) is 4.74 Å². The fraction of sp³-hybridized carbons (Fsp3) is 0.636. The van der Waals surface area contributed by atoms with E-state index < -0.39 is 0 Å². The van der Waals surface area contributed by atoms with Crippen molar-refractivity contribution >= 4 is 11.9 Å². The molecule has 26 heavy (non-hydrogen) atoms. The molecule has 0 atom stereocenters. The molecule has 1 aromatic carbocycles. The monoisotopic (exact) mass is 355 g/mol. The Balaban J connectivity index is 1.30. The van der Waals surface area contributed by atoms with Crippen molar-refractivity contribution in [2.45, 2.75) is 45.6 Å². The molecule has 0 N–H and O–H groups in total. The lowest BCUT2D eigenvalue weighted by Crippen LogP contribution is -2.48. The molecule has 0 saturated heterocycles. The van der Waals surface area contributed by atoms with Crippen molar-refractivity contribution in [1.29, 1.82) is 0 Å². The second-order valence-corrected chi connectivity index (χ2v) is 8.74. The number of carbonyl (C=O) groups excluding carboxylic acids is 2. The number of rotatable bonds is 5. The summed E-state index contributed by atoms with van der Waals surface area (Å²) in [5.41, 5.74) is 2.29. The first-order valence-electron chi connectivity index (χ1n) is 9.96. The molecule has 0 aliphatic heterocycles. The number of likely N-dealkylation sites (N-methyl/N-ethyl adjacent to an activating group) is 1. The molecule has 0 radical (unpaired) electrons. The molecule has 0 aromatic heterocycles. The molecule has 4 fully saturated rings. The van der Waals surface area contributed by atoms with Gasteiger partial charge in [0.25, 0.3) is 5.91 Å². The first-order chi connectivity index (χ1) is 12.5. The van der Waals surface area contributed by atoms with Crippen LogP contribution in [0.4, 0.5) is 0 Å². The largest absolute Gasteiger partial charge is 0.455 e. The van der Waals surface area contributed by atoms with Gasteiger partial charge in [0.1, 0.15) is 0 Å². The zero-order valence-corrected chi connectivity index (χ0v) is 15.8. The molecule has 140 valence electrons. The SMILES string of the molecule is Cc1ccccc1CN(C)C(=O)COC(=O)C1C2CC3CC(C2)CC1C3. The number of nitrogens with zero attached hydrogens (tertiary/aromatic N) is 1. The van der Waals surface area contributed by atoms with E-state index in [1.165, 1.54) is 32.1 Å². The van der Waals surface area contributed by atoms with Gasteiger partial charge in [-0.3, -0.25) is 9.59 Å². The maximum absolute atomic E-state index is 12.7. The van der Waals surface area contributed by atoms with Crippen LogP contribution >= 0.6 is 0 Å². The van der Waals surface area contributed by atoms with Gasteiger partial charge in [-0.15, -0.1) is 0 Å². The Kier molecular flexibility index (Phi) is 4.76. The molecule has 0 spiro atoms. The molecular formula is C22H29NO3. The second kappa shape index (κ2) is 7.05. The van der Waals surface area contributed by atoms with Crippen molar-refractivity contribution in [1.82, 2.24) is 4.90 Å². The van der Waals surface area contributed by atoms with E-state index in [0.29, 0.717) is 18.4 Å². The minimum absolute atomic E-state index is 0.0391. The van der Waals surface area contributed by atoms with Crippen LogP contribution in [0.2, 0.25) is 0 Å². The third kappa shape index (κ3) is 3.38. The highest BCUT2D eigenvalue weighted by Crippen LogP contribution is 2.56. The fourth-order valence-corrected chi connectivity index (χ4v) is 5.78. The molecule has 0 heterocycles. The Labute approximate surface area is 155 Å². The lowest BCUT2D eigenvalue weighted by atomic mass is 9.52. The van der Waals surface area contributed by atoms with Crippen LogP contribution in [-0.2, 0) is 20.9 Å². The van der Waals surface area contributed by atoms with Gasteiger partial charge in [0.2, 0.25) is 0 Å². The van der Waals surface area contributed by atoms with Crippen LogP contribution in [-0.4, -0.2) is 30.4 Å². The third-order valence-corrected chi connectivity index (χ3v) is 6.93. The van der Waals surface area contributed by atoms with Gasteiger partial charge in [0, 0.05) is 13.6 Å². The van der Waals surface area contributed by atoms with E-state index in [1.807, 2.05) is 31.2 Å². The molecule has 4 heteroatoms. The van der Waals surface area contributed by atoms with E-state index in [0.717, 1.165) is 23.0 Å². The minimum Gasteiger partial charge on any atom is -0.455 e. The molecule has 4 saturated carbocycles. The summed E-state index contributed by atoms with van der Waals surface area (Å²) >= 11 is 0. The van der Waals surface area contributed by atoms with Crippen LogP contribution in [0.3, 0.4) is 0 Å². The molecular weight excluding hydrogens is 326 g/mol. The predicted octanol–water partition coefficient (Wildman–Crippen LogP) is 3.57. The van der Waals surface area contributed by atoms with Crippen LogP contribution in [0.5, 0.6) is 0 Å². The van der Waals surface area contributed by atoms with Crippen LogP contribution in [0.1, 0.15) is 43.2 Å². The third-order valence-electron chi connectivity index (χ3n) is 6.93. The van der Waals surface area contributed by atoms with Crippen molar-refractivity contribution in [2.75, 3.05) is 13.7 Å². The number of hydrogen-bond donors (Lipinski definition) is 0. The molecule has 5 rings (SSSR count). The maximum atomic E-state index is 12.7. The van der Waals surface area contributed by atoms with Crippen LogP contribution < -0.4 is 0 Å². The Morgan fingerprint density at radius 3 is 2.27 bits per heavy atom. The first kappa shape index (κ1) is 17.6. The Hall–Kier alpha value is -1.84. The normalized spacial score (nSPS) is 31.7. The highest BCUT2D eigenvalue weighted by molar-refractivity contribution is 5.81. The zero-order chi connectivity index (χ0) is 18.3. The Bertz CT molecular complexity index is 670. The highest BCUT2D eigenvalue weighted by Gasteiger charge is 2.51. The van der Waals surface area contributed by atoms with Gasteiger partial charge in [-0.25, -0.2) is 0 Å². The van der Waals surface area contributed by atoms with E-state index >= 15 is 0 Å². The standard InChI is InChI=1S/C22H29NO3/c1-14-5-3-4-6-17(14)12-23(2)20(24)13-26-22(25)21-18-8-15-7-16(10-18)11-19(21)9-15/h3-6,15-16,18-19,21H,7-13H2,1-2H3. The number of benzene rings is 1. The van der Waals surface area contributed by atoms with Crippen molar-refractivity contribution in [3.8, 4) is 0 Å². The zero-order valence-electron chi connectivity index (χ0n) is 15.8. The van der Waals surface area contributed by atoms with Gasteiger partial charge in [0.15, 0.2) is 6.61 Å². The molecule has 4 aliphatic carbocycles. The van der Waals surface area contributed by atoms with Crippen LogP contribution in [0.25, 0.3) is 0 Å².